The molecule has 0 aliphatic carbocycles. The molecule has 0 atom stereocenters. The first-order chi connectivity index (χ1) is 18.8. The molecule has 3 aromatic rings. The number of hydrogen-bond donors (Lipinski definition) is 0. The van der Waals surface area contributed by atoms with Crippen molar-refractivity contribution in [2.45, 2.75) is 13.5 Å². The van der Waals surface area contributed by atoms with Gasteiger partial charge in [-0.15, -0.1) is 0 Å². The number of anilines is 2. The molecule has 0 spiro atoms. The molecular formula is C29H26FN5O2S2. The smallest absolute Gasteiger partial charge is 0.270 e. The Labute approximate surface area is 235 Å². The number of carbonyl (C=O) groups excluding carboxylic acids is 1. The summed E-state index contributed by atoms with van der Waals surface area (Å²) >= 11 is 6.69. The standard InChI is InChI=1S/C29H26FN5O2S2/c1-19-23(16-25-28(37)35(29(38)39-25)18-20-8-10-21(30)11-9-20)26(32(2)27(36)24(19)17-31)34-14-12-33(13-15-34)22-6-4-3-5-7-22/h3-11,16H,12-15,18H2,1-2H3. The van der Waals surface area contributed by atoms with Gasteiger partial charge in [0.1, 0.15) is 27.6 Å². The predicted octanol–water partition coefficient (Wildman–Crippen LogP) is 4.43. The summed E-state index contributed by atoms with van der Waals surface area (Å²) in [5, 5.41) is 9.76. The fourth-order valence-corrected chi connectivity index (χ4v) is 6.19. The summed E-state index contributed by atoms with van der Waals surface area (Å²) < 4.78 is 15.3. The van der Waals surface area contributed by atoms with Gasteiger partial charge in [0.2, 0.25) is 0 Å². The van der Waals surface area contributed by atoms with Crippen LogP contribution in [0.25, 0.3) is 6.08 Å². The van der Waals surface area contributed by atoms with Crippen LogP contribution in [0.1, 0.15) is 22.3 Å². The maximum Gasteiger partial charge on any atom is 0.270 e. The SMILES string of the molecule is Cc1c(C=C2SC(=S)N(Cc3ccc(F)cc3)C2=O)c(N2CCN(c3ccccc3)CC2)n(C)c(=O)c1C#N. The zero-order valence-electron chi connectivity index (χ0n) is 21.6. The van der Waals surface area contributed by atoms with Gasteiger partial charge in [-0.2, -0.15) is 5.26 Å². The van der Waals surface area contributed by atoms with E-state index in [0.717, 1.165) is 24.3 Å². The molecule has 0 bridgehead atoms. The van der Waals surface area contributed by atoms with Gasteiger partial charge in [0.15, 0.2) is 0 Å². The molecule has 0 saturated carbocycles. The number of aromatic nitrogens is 1. The van der Waals surface area contributed by atoms with Gasteiger partial charge in [-0.05, 0) is 48.4 Å². The van der Waals surface area contributed by atoms with Gasteiger partial charge in [-0.3, -0.25) is 19.1 Å². The van der Waals surface area contributed by atoms with Gasteiger partial charge >= 0.3 is 0 Å². The van der Waals surface area contributed by atoms with Crippen LogP contribution in [0.2, 0.25) is 0 Å². The molecule has 2 aliphatic rings. The van der Waals surface area contributed by atoms with E-state index in [9.17, 15) is 19.2 Å². The third-order valence-electron chi connectivity index (χ3n) is 7.07. The molecule has 39 heavy (non-hydrogen) atoms. The predicted molar refractivity (Wildman–Crippen MR) is 157 cm³/mol. The largest absolute Gasteiger partial charge is 0.368 e. The van der Waals surface area contributed by atoms with Crippen molar-refractivity contribution in [2.75, 3.05) is 36.0 Å². The lowest BCUT2D eigenvalue weighted by Gasteiger charge is -2.38. The summed E-state index contributed by atoms with van der Waals surface area (Å²) in [6.45, 7) is 4.83. The van der Waals surface area contributed by atoms with Gasteiger partial charge in [-0.25, -0.2) is 4.39 Å². The van der Waals surface area contributed by atoms with Gasteiger partial charge in [0.25, 0.3) is 11.5 Å². The Morgan fingerprint density at radius 3 is 2.31 bits per heavy atom. The zero-order valence-corrected chi connectivity index (χ0v) is 23.2. The van der Waals surface area contributed by atoms with E-state index in [0.29, 0.717) is 39.3 Å². The molecule has 1 amide bonds. The van der Waals surface area contributed by atoms with E-state index in [1.54, 1.807) is 32.2 Å². The fourth-order valence-electron chi connectivity index (χ4n) is 4.95. The molecule has 198 valence electrons. The van der Waals surface area contributed by atoms with Gasteiger partial charge < -0.3 is 9.80 Å². The third kappa shape index (κ3) is 5.20. The van der Waals surface area contributed by atoms with Crippen LogP contribution in [0.4, 0.5) is 15.9 Å². The van der Waals surface area contributed by atoms with Crippen LogP contribution in [0, 0.1) is 24.1 Å². The molecular weight excluding hydrogens is 533 g/mol. The lowest BCUT2D eigenvalue weighted by atomic mass is 10.0. The Hall–Kier alpha value is -3.94. The van der Waals surface area contributed by atoms with Crippen LogP contribution in [-0.4, -0.2) is 45.9 Å². The van der Waals surface area contributed by atoms with Crippen LogP contribution in [0.3, 0.4) is 0 Å². The highest BCUT2D eigenvalue weighted by atomic mass is 32.2. The number of para-hydroxylation sites is 1. The number of nitriles is 1. The number of benzene rings is 2. The summed E-state index contributed by atoms with van der Waals surface area (Å²) in [6, 6.07) is 18.2. The molecule has 3 heterocycles. The van der Waals surface area contributed by atoms with E-state index in [4.69, 9.17) is 12.2 Å². The van der Waals surface area contributed by atoms with Gasteiger partial charge in [0, 0.05) is 44.5 Å². The Morgan fingerprint density at radius 1 is 1.03 bits per heavy atom. The molecule has 1 aromatic heterocycles. The maximum absolute atomic E-state index is 13.4. The van der Waals surface area contributed by atoms with Crippen molar-refractivity contribution in [3.63, 3.8) is 0 Å². The molecule has 2 aliphatic heterocycles. The topological polar surface area (TPSA) is 72.6 Å². The number of piperazine rings is 1. The number of thioether (sulfide) groups is 1. The lowest BCUT2D eigenvalue weighted by molar-refractivity contribution is -0.122. The summed E-state index contributed by atoms with van der Waals surface area (Å²) in [6.07, 6.45) is 1.75. The number of rotatable bonds is 5. The van der Waals surface area contributed by atoms with E-state index in [-0.39, 0.29) is 29.4 Å². The van der Waals surface area contributed by atoms with Gasteiger partial charge in [-0.1, -0.05) is 54.3 Å². The van der Waals surface area contributed by atoms with Crippen molar-refractivity contribution >= 4 is 51.8 Å². The van der Waals surface area contributed by atoms with Crippen molar-refractivity contribution < 1.29 is 9.18 Å². The number of carbonyl (C=O) groups is 1. The van der Waals surface area contributed by atoms with Crippen LogP contribution in [0.5, 0.6) is 0 Å². The average molecular weight is 560 g/mol. The molecule has 2 aromatic carbocycles. The average Bonchev–Trinajstić information content (AvgIpc) is 3.21. The lowest BCUT2D eigenvalue weighted by Crippen LogP contribution is -2.48. The minimum atomic E-state index is -0.364. The second kappa shape index (κ2) is 11.0. The molecule has 7 nitrogen and oxygen atoms in total. The molecule has 0 N–H and O–H groups in total. The van der Waals surface area contributed by atoms with Crippen molar-refractivity contribution in [3.8, 4) is 6.07 Å². The first kappa shape index (κ1) is 26.7. The number of hydrogen-bond acceptors (Lipinski definition) is 7. The molecule has 2 saturated heterocycles. The monoisotopic (exact) mass is 559 g/mol. The number of pyridine rings is 1. The van der Waals surface area contributed by atoms with E-state index < -0.39 is 0 Å². The third-order valence-corrected chi connectivity index (χ3v) is 8.45. The second-order valence-electron chi connectivity index (χ2n) is 9.42. The number of halogens is 1. The molecule has 0 radical (unpaired) electrons. The Kier molecular flexibility index (Phi) is 7.55. The van der Waals surface area contributed by atoms with E-state index in [2.05, 4.69) is 21.9 Å². The summed E-state index contributed by atoms with van der Waals surface area (Å²) in [5.41, 5.74) is 2.78. The first-order valence-corrected chi connectivity index (χ1v) is 13.7. The summed E-state index contributed by atoms with van der Waals surface area (Å²) in [4.78, 5) is 32.9. The Morgan fingerprint density at radius 2 is 1.67 bits per heavy atom. The second-order valence-corrected chi connectivity index (χ2v) is 11.1. The fraction of sp³-hybridized carbons (Fsp3) is 0.241. The maximum atomic E-state index is 13.4. The summed E-state index contributed by atoms with van der Waals surface area (Å²) in [7, 11) is 1.67. The van der Waals surface area contributed by atoms with Crippen molar-refractivity contribution in [1.29, 1.82) is 5.26 Å². The van der Waals surface area contributed by atoms with E-state index in [1.165, 1.54) is 33.4 Å². The quantitative estimate of drug-likeness (QED) is 0.338. The van der Waals surface area contributed by atoms with Crippen molar-refractivity contribution in [1.82, 2.24) is 9.47 Å². The number of nitrogens with zero attached hydrogens (tertiary/aromatic N) is 5. The molecule has 0 unspecified atom stereocenters. The normalized spacial score (nSPS) is 16.8. The summed E-state index contributed by atoms with van der Waals surface area (Å²) in [5.74, 6) is 0.0635. The Bertz CT molecular complexity index is 1570. The zero-order chi connectivity index (χ0) is 27.7. The van der Waals surface area contributed by atoms with E-state index >= 15 is 0 Å². The Balaban J connectivity index is 1.49. The highest BCUT2D eigenvalue weighted by Gasteiger charge is 2.33. The van der Waals surface area contributed by atoms with Crippen LogP contribution < -0.4 is 15.4 Å². The first-order valence-electron chi connectivity index (χ1n) is 12.5. The minimum Gasteiger partial charge on any atom is -0.368 e. The highest BCUT2D eigenvalue weighted by molar-refractivity contribution is 8.26. The van der Waals surface area contributed by atoms with E-state index in [1.807, 2.05) is 24.3 Å². The number of thiocarbonyl (C=S) groups is 1. The number of amides is 1. The van der Waals surface area contributed by atoms with Crippen LogP contribution in [-0.2, 0) is 18.4 Å². The highest BCUT2D eigenvalue weighted by Crippen LogP contribution is 2.36. The molecule has 5 rings (SSSR count). The van der Waals surface area contributed by atoms with Gasteiger partial charge in [0.05, 0.1) is 11.4 Å². The van der Waals surface area contributed by atoms with Crippen LogP contribution >= 0.6 is 24.0 Å². The molecule has 10 heteroatoms. The van der Waals surface area contributed by atoms with Crippen molar-refractivity contribution in [2.24, 2.45) is 7.05 Å². The van der Waals surface area contributed by atoms with Crippen molar-refractivity contribution in [3.05, 3.63) is 97.9 Å². The molecule has 2 fully saturated rings. The minimum absolute atomic E-state index is 0.0530. The van der Waals surface area contributed by atoms with Crippen LogP contribution in [0.15, 0.2) is 64.3 Å².